The Balaban J connectivity index is 2.11. The molecular formula is C13H16N4O3. The molecule has 0 spiro atoms. The second-order valence-corrected chi connectivity index (χ2v) is 4.19. The van der Waals surface area contributed by atoms with Crippen LogP contribution in [0.3, 0.4) is 0 Å². The first kappa shape index (κ1) is 14.2. The third-order valence-corrected chi connectivity index (χ3v) is 2.79. The third kappa shape index (κ3) is 3.40. The number of nitro groups is 1. The molecular weight excluding hydrogens is 260 g/mol. The molecule has 0 aliphatic heterocycles. The van der Waals surface area contributed by atoms with E-state index in [-0.39, 0.29) is 5.69 Å². The fourth-order valence-electron chi connectivity index (χ4n) is 1.83. The summed E-state index contributed by atoms with van der Waals surface area (Å²) < 4.78 is 4.93. The molecule has 7 nitrogen and oxygen atoms in total. The largest absolute Gasteiger partial charge is 0.383 e. The fraction of sp³-hybridized carbons (Fsp3) is 0.308. The summed E-state index contributed by atoms with van der Waals surface area (Å²) in [5.74, 6) is 0.731. The van der Waals surface area contributed by atoms with Crippen LogP contribution in [-0.4, -0.2) is 35.2 Å². The molecule has 0 radical (unpaired) electrons. The normalized spacial score (nSPS) is 10.7. The highest BCUT2D eigenvalue weighted by Crippen LogP contribution is 2.27. The van der Waals surface area contributed by atoms with Crippen LogP contribution >= 0.6 is 0 Å². The van der Waals surface area contributed by atoms with E-state index in [1.807, 2.05) is 0 Å². The topological polar surface area (TPSA) is 93.1 Å². The van der Waals surface area contributed by atoms with Crippen LogP contribution in [0.15, 0.2) is 30.5 Å². The highest BCUT2D eigenvalue weighted by molar-refractivity contribution is 5.70. The molecule has 1 heterocycles. The number of methoxy groups -OCH3 is 1. The molecule has 7 heteroatoms. The second-order valence-electron chi connectivity index (χ2n) is 4.19. The van der Waals surface area contributed by atoms with E-state index >= 15 is 0 Å². The monoisotopic (exact) mass is 276 g/mol. The predicted molar refractivity (Wildman–Crippen MR) is 74.3 cm³/mol. The smallest absolute Gasteiger partial charge is 0.278 e. The van der Waals surface area contributed by atoms with E-state index in [1.165, 1.54) is 6.07 Å². The van der Waals surface area contributed by atoms with Crippen LogP contribution < -0.4 is 5.32 Å². The van der Waals surface area contributed by atoms with Gasteiger partial charge in [-0.3, -0.25) is 10.1 Å². The summed E-state index contributed by atoms with van der Waals surface area (Å²) in [4.78, 5) is 17.9. The van der Waals surface area contributed by atoms with E-state index in [1.54, 1.807) is 31.5 Å². The predicted octanol–water partition coefficient (Wildman–Crippen LogP) is 1.72. The van der Waals surface area contributed by atoms with Gasteiger partial charge in [-0.15, -0.1) is 0 Å². The first-order valence-electron chi connectivity index (χ1n) is 6.19. The molecule has 0 atom stereocenters. The lowest BCUT2D eigenvalue weighted by atomic mass is 10.1. The Hall–Kier alpha value is -2.25. The second kappa shape index (κ2) is 6.78. The Morgan fingerprint density at radius 1 is 1.45 bits per heavy atom. The van der Waals surface area contributed by atoms with Crippen molar-refractivity contribution >= 4 is 5.69 Å². The van der Waals surface area contributed by atoms with Crippen LogP contribution in [0.4, 0.5) is 5.69 Å². The number of hydrogen-bond acceptors (Lipinski definition) is 5. The number of ether oxygens (including phenoxy) is 1. The van der Waals surface area contributed by atoms with Gasteiger partial charge in [0.25, 0.3) is 5.69 Å². The first-order chi connectivity index (χ1) is 9.72. The number of H-pyrrole nitrogens is 1. The quantitative estimate of drug-likeness (QED) is 0.456. The number of imidazole rings is 1. The summed E-state index contributed by atoms with van der Waals surface area (Å²) in [6.45, 7) is 1.90. The lowest BCUT2D eigenvalue weighted by molar-refractivity contribution is -0.384. The molecule has 0 saturated carbocycles. The summed E-state index contributed by atoms with van der Waals surface area (Å²) in [5, 5.41) is 14.1. The Morgan fingerprint density at radius 2 is 2.25 bits per heavy atom. The SMILES string of the molecule is COCCNCc1ncc(-c2ccccc2[N+](=O)[O-])[nH]1. The van der Waals surface area contributed by atoms with Crippen molar-refractivity contribution in [3.8, 4) is 11.3 Å². The number of aromatic nitrogens is 2. The Morgan fingerprint density at radius 3 is 3.00 bits per heavy atom. The van der Waals surface area contributed by atoms with E-state index in [2.05, 4.69) is 15.3 Å². The van der Waals surface area contributed by atoms with Crippen molar-refractivity contribution in [3.05, 3.63) is 46.4 Å². The minimum atomic E-state index is -0.396. The van der Waals surface area contributed by atoms with Gasteiger partial charge in [-0.2, -0.15) is 0 Å². The molecule has 2 rings (SSSR count). The third-order valence-electron chi connectivity index (χ3n) is 2.79. The van der Waals surface area contributed by atoms with Crippen molar-refractivity contribution in [3.63, 3.8) is 0 Å². The highest BCUT2D eigenvalue weighted by Gasteiger charge is 2.15. The standard InChI is InChI=1S/C13H16N4O3/c1-20-7-6-14-9-13-15-8-11(16-13)10-4-2-3-5-12(10)17(18)19/h2-5,8,14H,6-7,9H2,1H3,(H,15,16). The molecule has 0 saturated heterocycles. The number of nitrogens with one attached hydrogen (secondary N) is 2. The van der Waals surface area contributed by atoms with Gasteiger partial charge >= 0.3 is 0 Å². The minimum Gasteiger partial charge on any atom is -0.383 e. The maximum absolute atomic E-state index is 11.0. The highest BCUT2D eigenvalue weighted by atomic mass is 16.6. The molecule has 106 valence electrons. The average Bonchev–Trinajstić information content (AvgIpc) is 2.92. The van der Waals surface area contributed by atoms with Gasteiger partial charge in [0, 0.05) is 19.7 Å². The van der Waals surface area contributed by atoms with Crippen molar-refractivity contribution in [1.29, 1.82) is 0 Å². The molecule has 2 aromatic rings. The van der Waals surface area contributed by atoms with Gasteiger partial charge in [0.15, 0.2) is 0 Å². The van der Waals surface area contributed by atoms with Gasteiger partial charge in [-0.1, -0.05) is 12.1 Å². The molecule has 0 amide bonds. The van der Waals surface area contributed by atoms with Crippen LogP contribution in [-0.2, 0) is 11.3 Å². The van der Waals surface area contributed by atoms with Crippen LogP contribution in [0.25, 0.3) is 11.3 Å². The van der Waals surface area contributed by atoms with E-state index in [4.69, 9.17) is 4.74 Å². The number of hydrogen-bond donors (Lipinski definition) is 2. The van der Waals surface area contributed by atoms with Gasteiger partial charge < -0.3 is 15.0 Å². The molecule has 20 heavy (non-hydrogen) atoms. The zero-order valence-corrected chi connectivity index (χ0v) is 11.1. The van der Waals surface area contributed by atoms with Gasteiger partial charge in [0.2, 0.25) is 0 Å². The fourth-order valence-corrected chi connectivity index (χ4v) is 1.83. The number of rotatable bonds is 7. The number of nitro benzene ring substituents is 1. The maximum atomic E-state index is 11.0. The number of aromatic amines is 1. The Bertz CT molecular complexity index is 583. The van der Waals surface area contributed by atoms with E-state index in [0.717, 1.165) is 12.4 Å². The zero-order chi connectivity index (χ0) is 14.4. The minimum absolute atomic E-state index is 0.0649. The number of para-hydroxylation sites is 1. The number of benzene rings is 1. The zero-order valence-electron chi connectivity index (χ0n) is 11.1. The molecule has 1 aromatic heterocycles. The molecule has 0 fully saturated rings. The lowest BCUT2D eigenvalue weighted by Crippen LogP contribution is -2.19. The Labute approximate surface area is 116 Å². The van der Waals surface area contributed by atoms with E-state index in [9.17, 15) is 10.1 Å². The summed E-state index contributed by atoms with van der Waals surface area (Å²) in [6, 6.07) is 6.59. The molecule has 0 bridgehead atoms. The molecule has 1 aromatic carbocycles. The van der Waals surface area contributed by atoms with Gasteiger partial charge in [0.1, 0.15) is 5.82 Å². The average molecular weight is 276 g/mol. The lowest BCUT2D eigenvalue weighted by Gasteiger charge is -2.01. The van der Waals surface area contributed by atoms with Crippen LogP contribution in [0.1, 0.15) is 5.82 Å². The summed E-state index contributed by atoms with van der Waals surface area (Å²) in [7, 11) is 1.64. The number of nitrogens with zero attached hydrogens (tertiary/aromatic N) is 2. The summed E-state index contributed by atoms with van der Waals surface area (Å²) in [5.41, 5.74) is 1.24. The van der Waals surface area contributed by atoms with E-state index < -0.39 is 4.92 Å². The van der Waals surface area contributed by atoms with Gasteiger partial charge in [0.05, 0.1) is 35.5 Å². The van der Waals surface area contributed by atoms with Gasteiger partial charge in [-0.25, -0.2) is 4.98 Å². The molecule has 0 unspecified atom stereocenters. The molecule has 0 aliphatic carbocycles. The Kier molecular flexibility index (Phi) is 4.80. The summed E-state index contributed by atoms with van der Waals surface area (Å²) >= 11 is 0. The van der Waals surface area contributed by atoms with Crippen molar-refractivity contribution in [1.82, 2.24) is 15.3 Å². The van der Waals surface area contributed by atoms with Crippen molar-refractivity contribution in [2.45, 2.75) is 6.54 Å². The van der Waals surface area contributed by atoms with E-state index in [0.29, 0.717) is 24.4 Å². The van der Waals surface area contributed by atoms with Crippen molar-refractivity contribution in [2.24, 2.45) is 0 Å². The summed E-state index contributed by atoms with van der Waals surface area (Å²) in [6.07, 6.45) is 1.61. The molecule has 2 N–H and O–H groups in total. The maximum Gasteiger partial charge on any atom is 0.278 e. The van der Waals surface area contributed by atoms with Crippen LogP contribution in [0.5, 0.6) is 0 Å². The van der Waals surface area contributed by atoms with Gasteiger partial charge in [-0.05, 0) is 6.07 Å². The first-order valence-corrected chi connectivity index (χ1v) is 6.19. The molecule has 0 aliphatic rings. The van der Waals surface area contributed by atoms with Crippen LogP contribution in [0.2, 0.25) is 0 Å². The van der Waals surface area contributed by atoms with Crippen molar-refractivity contribution in [2.75, 3.05) is 20.3 Å². The van der Waals surface area contributed by atoms with Crippen molar-refractivity contribution < 1.29 is 9.66 Å². The van der Waals surface area contributed by atoms with Crippen LogP contribution in [0, 0.1) is 10.1 Å².